The standard InChI is InChI=1S/C15H16N4O6S2/c20-13(12-9-26-15(16-12)19-5-7-25-8-6-19)17-18-27(23,24)11-3-1-10(2-4-11)14(21)22/h1-4,9,18H,5-8H2,(H,17,20)(H,21,22). The Kier molecular flexibility index (Phi) is 5.70. The fourth-order valence-corrected chi connectivity index (χ4v) is 3.98. The Morgan fingerprint density at radius 1 is 1.19 bits per heavy atom. The molecule has 1 aromatic heterocycles. The Balaban J connectivity index is 1.62. The molecule has 0 saturated carbocycles. The van der Waals surface area contributed by atoms with Crippen LogP contribution in [0.15, 0.2) is 34.5 Å². The Morgan fingerprint density at radius 2 is 1.85 bits per heavy atom. The van der Waals surface area contributed by atoms with Crippen LogP contribution in [0.5, 0.6) is 0 Å². The molecule has 1 aromatic carbocycles. The quantitative estimate of drug-likeness (QED) is 0.576. The Hall–Kier alpha value is -2.54. The number of aromatic nitrogens is 1. The number of nitrogens with zero attached hydrogens (tertiary/aromatic N) is 2. The van der Waals surface area contributed by atoms with E-state index in [2.05, 4.69) is 10.4 Å². The van der Waals surface area contributed by atoms with Crippen molar-refractivity contribution >= 4 is 38.4 Å². The summed E-state index contributed by atoms with van der Waals surface area (Å²) in [5.74, 6) is -1.86. The number of ether oxygens (including phenoxy) is 1. The highest BCUT2D eigenvalue weighted by atomic mass is 32.2. The monoisotopic (exact) mass is 412 g/mol. The van der Waals surface area contributed by atoms with Crippen LogP contribution < -0.4 is 15.2 Å². The predicted molar refractivity (Wildman–Crippen MR) is 96.3 cm³/mol. The average molecular weight is 412 g/mol. The summed E-state index contributed by atoms with van der Waals surface area (Å²) in [7, 11) is -4.05. The van der Waals surface area contributed by atoms with E-state index in [0.29, 0.717) is 31.4 Å². The molecule has 3 N–H and O–H groups in total. The molecule has 1 fully saturated rings. The minimum absolute atomic E-state index is 0.0453. The summed E-state index contributed by atoms with van der Waals surface area (Å²) in [6, 6.07) is 4.59. The molecule has 0 spiro atoms. The van der Waals surface area contributed by atoms with Crippen molar-refractivity contribution in [2.75, 3.05) is 31.2 Å². The molecule has 2 aromatic rings. The smallest absolute Gasteiger partial charge is 0.335 e. The molecule has 0 atom stereocenters. The van der Waals surface area contributed by atoms with Crippen LogP contribution in [0, 0.1) is 0 Å². The van der Waals surface area contributed by atoms with Gasteiger partial charge in [0.1, 0.15) is 5.69 Å². The van der Waals surface area contributed by atoms with E-state index in [4.69, 9.17) is 9.84 Å². The van der Waals surface area contributed by atoms with Crippen molar-refractivity contribution < 1.29 is 27.9 Å². The number of carbonyl (C=O) groups is 2. The summed E-state index contributed by atoms with van der Waals surface area (Å²) in [5, 5.41) is 11.0. The molecular weight excluding hydrogens is 396 g/mol. The van der Waals surface area contributed by atoms with Gasteiger partial charge in [0.25, 0.3) is 15.9 Å². The maximum atomic E-state index is 12.2. The molecule has 0 radical (unpaired) electrons. The summed E-state index contributed by atoms with van der Waals surface area (Å²) >= 11 is 1.28. The van der Waals surface area contributed by atoms with E-state index in [0.717, 1.165) is 24.3 Å². The van der Waals surface area contributed by atoms with Gasteiger partial charge in [-0.15, -0.1) is 16.2 Å². The number of anilines is 1. The number of aromatic carboxylic acids is 1. The maximum absolute atomic E-state index is 12.2. The van der Waals surface area contributed by atoms with Crippen LogP contribution in [-0.2, 0) is 14.8 Å². The van der Waals surface area contributed by atoms with Crippen LogP contribution in [0.3, 0.4) is 0 Å². The highest BCUT2D eigenvalue weighted by Crippen LogP contribution is 2.21. The van der Waals surface area contributed by atoms with Gasteiger partial charge in [0, 0.05) is 18.5 Å². The lowest BCUT2D eigenvalue weighted by Gasteiger charge is -2.25. The molecule has 1 aliphatic rings. The molecule has 144 valence electrons. The van der Waals surface area contributed by atoms with Crippen LogP contribution >= 0.6 is 11.3 Å². The first-order chi connectivity index (χ1) is 12.9. The summed E-state index contributed by atoms with van der Waals surface area (Å²) in [5.41, 5.74) is 2.14. The van der Waals surface area contributed by atoms with Crippen LogP contribution in [0.4, 0.5) is 5.13 Å². The van der Waals surface area contributed by atoms with Crippen molar-refractivity contribution in [2.45, 2.75) is 4.90 Å². The molecule has 0 aliphatic carbocycles. The number of hydrogen-bond acceptors (Lipinski definition) is 8. The number of sulfonamides is 1. The number of morpholine rings is 1. The van der Waals surface area contributed by atoms with E-state index >= 15 is 0 Å². The summed E-state index contributed by atoms with van der Waals surface area (Å²) < 4.78 is 29.6. The summed E-state index contributed by atoms with van der Waals surface area (Å²) in [6.45, 7) is 2.52. The molecule has 1 amide bonds. The first-order valence-corrected chi connectivity index (χ1v) is 10.2. The van der Waals surface area contributed by atoms with Crippen molar-refractivity contribution in [3.63, 3.8) is 0 Å². The fourth-order valence-electron chi connectivity index (χ4n) is 2.28. The molecule has 27 heavy (non-hydrogen) atoms. The van der Waals surface area contributed by atoms with Gasteiger partial charge in [0.05, 0.1) is 23.7 Å². The van der Waals surface area contributed by atoms with Crippen molar-refractivity contribution in [1.82, 2.24) is 15.2 Å². The van der Waals surface area contributed by atoms with Gasteiger partial charge in [-0.25, -0.2) is 18.2 Å². The fraction of sp³-hybridized carbons (Fsp3) is 0.267. The second-order valence-electron chi connectivity index (χ2n) is 5.50. The Bertz CT molecular complexity index is 935. The molecule has 12 heteroatoms. The zero-order valence-electron chi connectivity index (χ0n) is 13.9. The van der Waals surface area contributed by atoms with Crippen molar-refractivity contribution in [1.29, 1.82) is 0 Å². The van der Waals surface area contributed by atoms with Gasteiger partial charge in [-0.1, -0.05) is 0 Å². The lowest BCUT2D eigenvalue weighted by molar-refractivity contribution is 0.0696. The highest BCUT2D eigenvalue weighted by molar-refractivity contribution is 7.89. The number of hydrogen-bond donors (Lipinski definition) is 3. The average Bonchev–Trinajstić information content (AvgIpc) is 3.17. The molecule has 3 rings (SSSR count). The molecular formula is C15H16N4O6S2. The number of carboxylic acids is 1. The van der Waals surface area contributed by atoms with Gasteiger partial charge in [0.15, 0.2) is 5.13 Å². The third-order valence-corrected chi connectivity index (χ3v) is 5.88. The number of benzene rings is 1. The lowest BCUT2D eigenvalue weighted by atomic mass is 10.2. The van der Waals surface area contributed by atoms with Crippen LogP contribution in [0.2, 0.25) is 0 Å². The van der Waals surface area contributed by atoms with E-state index in [1.54, 1.807) is 0 Å². The van der Waals surface area contributed by atoms with Crippen LogP contribution in [-0.4, -0.2) is 56.7 Å². The molecule has 0 unspecified atom stereocenters. The predicted octanol–water partition coefficient (Wildman–Crippen LogP) is 0.301. The van der Waals surface area contributed by atoms with Crippen molar-refractivity contribution in [2.24, 2.45) is 0 Å². The van der Waals surface area contributed by atoms with Gasteiger partial charge < -0.3 is 14.7 Å². The van der Waals surface area contributed by atoms with E-state index in [-0.39, 0.29) is 16.2 Å². The van der Waals surface area contributed by atoms with Gasteiger partial charge in [-0.05, 0) is 24.3 Å². The normalized spacial score (nSPS) is 14.7. The summed E-state index contributed by atoms with van der Waals surface area (Å²) in [4.78, 5) is 30.9. The van der Waals surface area contributed by atoms with E-state index < -0.39 is 21.9 Å². The number of amides is 1. The van der Waals surface area contributed by atoms with E-state index in [1.807, 2.05) is 9.73 Å². The Morgan fingerprint density at radius 3 is 2.48 bits per heavy atom. The van der Waals surface area contributed by atoms with Crippen LogP contribution in [0.1, 0.15) is 20.8 Å². The minimum Gasteiger partial charge on any atom is -0.478 e. The topological polar surface area (TPSA) is 138 Å². The van der Waals surface area contributed by atoms with Crippen molar-refractivity contribution in [3.8, 4) is 0 Å². The SMILES string of the molecule is O=C(O)c1ccc(S(=O)(=O)NNC(=O)c2csc(N3CCOCC3)n2)cc1. The van der Waals surface area contributed by atoms with Gasteiger partial charge >= 0.3 is 5.97 Å². The Labute approximate surface area is 158 Å². The number of thiazole rings is 1. The number of carbonyl (C=O) groups excluding carboxylic acids is 1. The molecule has 1 aliphatic heterocycles. The number of hydrazine groups is 1. The van der Waals surface area contributed by atoms with Crippen LogP contribution in [0.25, 0.3) is 0 Å². The van der Waals surface area contributed by atoms with Crippen molar-refractivity contribution in [3.05, 3.63) is 40.9 Å². The second-order valence-corrected chi connectivity index (χ2v) is 8.02. The van der Waals surface area contributed by atoms with E-state index in [9.17, 15) is 18.0 Å². The largest absolute Gasteiger partial charge is 0.478 e. The van der Waals surface area contributed by atoms with E-state index in [1.165, 1.54) is 16.7 Å². The third-order valence-electron chi connectivity index (χ3n) is 3.72. The lowest BCUT2D eigenvalue weighted by Crippen LogP contribution is -2.41. The second kappa shape index (κ2) is 8.00. The zero-order chi connectivity index (χ0) is 19.4. The molecule has 0 bridgehead atoms. The number of rotatable bonds is 6. The molecule has 10 nitrogen and oxygen atoms in total. The third kappa shape index (κ3) is 4.60. The van der Waals surface area contributed by atoms with Gasteiger partial charge in [-0.3, -0.25) is 10.2 Å². The van der Waals surface area contributed by atoms with Gasteiger partial charge in [0.2, 0.25) is 0 Å². The van der Waals surface area contributed by atoms with Gasteiger partial charge in [-0.2, -0.15) is 0 Å². The zero-order valence-corrected chi connectivity index (χ0v) is 15.5. The maximum Gasteiger partial charge on any atom is 0.335 e. The number of carboxylic acid groups (broad SMARTS) is 1. The minimum atomic E-state index is -4.05. The highest BCUT2D eigenvalue weighted by Gasteiger charge is 2.20. The summed E-state index contributed by atoms with van der Waals surface area (Å²) in [6.07, 6.45) is 0. The number of nitrogens with one attached hydrogen (secondary N) is 2. The first kappa shape index (κ1) is 19.2. The molecule has 1 saturated heterocycles. The first-order valence-electron chi connectivity index (χ1n) is 7.80. The molecule has 2 heterocycles.